The van der Waals surface area contributed by atoms with Gasteiger partial charge in [0.1, 0.15) is 5.76 Å². The lowest BCUT2D eigenvalue weighted by atomic mass is 10.4. The summed E-state index contributed by atoms with van der Waals surface area (Å²) in [5.41, 5.74) is 0. The highest BCUT2D eigenvalue weighted by atomic mass is 32.2. The lowest BCUT2D eigenvalue weighted by Crippen LogP contribution is -1.75. The number of oxazole rings is 1. The molecule has 0 saturated heterocycles. The average Bonchev–Trinajstić information content (AvgIpc) is 2.63. The normalized spacial score (nSPS) is 10.4. The van der Waals surface area contributed by atoms with Gasteiger partial charge in [0.15, 0.2) is 5.89 Å². The minimum Gasteiger partial charge on any atom is -0.445 e. The standard InChI is InChI=1S/C11H11NOS/c1-9-12-7-10(13-9)8-14-11-5-3-2-4-6-11/h2-7H,8H2,1H3. The number of aromatic nitrogens is 1. The molecule has 14 heavy (non-hydrogen) atoms. The molecule has 2 nitrogen and oxygen atoms in total. The molecule has 2 aromatic rings. The van der Waals surface area contributed by atoms with Crippen LogP contribution < -0.4 is 0 Å². The molecule has 0 saturated carbocycles. The summed E-state index contributed by atoms with van der Waals surface area (Å²) in [6.07, 6.45) is 1.78. The Morgan fingerprint density at radius 2 is 2.07 bits per heavy atom. The van der Waals surface area contributed by atoms with Gasteiger partial charge in [-0.25, -0.2) is 4.98 Å². The molecule has 0 N–H and O–H groups in total. The first kappa shape index (κ1) is 9.34. The van der Waals surface area contributed by atoms with E-state index in [1.54, 1.807) is 18.0 Å². The van der Waals surface area contributed by atoms with Crippen molar-refractivity contribution < 1.29 is 4.42 Å². The van der Waals surface area contributed by atoms with Crippen LogP contribution in [0, 0.1) is 6.92 Å². The molecule has 0 aliphatic rings. The Kier molecular flexibility index (Phi) is 2.89. The third-order valence-electron chi connectivity index (χ3n) is 1.79. The predicted octanol–water partition coefficient (Wildman–Crippen LogP) is 3.28. The van der Waals surface area contributed by atoms with Gasteiger partial charge >= 0.3 is 0 Å². The molecule has 3 heteroatoms. The van der Waals surface area contributed by atoms with E-state index in [1.165, 1.54) is 4.90 Å². The molecule has 1 heterocycles. The van der Waals surface area contributed by atoms with E-state index in [2.05, 4.69) is 17.1 Å². The van der Waals surface area contributed by atoms with Crippen molar-refractivity contribution >= 4 is 11.8 Å². The average molecular weight is 205 g/mol. The van der Waals surface area contributed by atoms with Gasteiger partial charge in [0.05, 0.1) is 11.9 Å². The molecule has 2 rings (SSSR count). The maximum absolute atomic E-state index is 5.37. The van der Waals surface area contributed by atoms with E-state index < -0.39 is 0 Å². The Labute approximate surface area is 87.4 Å². The predicted molar refractivity (Wildman–Crippen MR) is 57.2 cm³/mol. The van der Waals surface area contributed by atoms with Crippen LogP contribution in [0.1, 0.15) is 11.7 Å². The number of rotatable bonds is 3. The monoisotopic (exact) mass is 205 g/mol. The first-order chi connectivity index (χ1) is 6.84. The summed E-state index contributed by atoms with van der Waals surface area (Å²) in [6.45, 7) is 1.86. The summed E-state index contributed by atoms with van der Waals surface area (Å²) in [5, 5.41) is 0. The molecule has 0 radical (unpaired) electrons. The summed E-state index contributed by atoms with van der Waals surface area (Å²) in [5.74, 6) is 2.50. The maximum atomic E-state index is 5.37. The lowest BCUT2D eigenvalue weighted by Gasteiger charge is -1.97. The molecule has 1 aromatic carbocycles. The Bertz CT molecular complexity index is 397. The van der Waals surface area contributed by atoms with Crippen molar-refractivity contribution in [3.05, 3.63) is 48.2 Å². The van der Waals surface area contributed by atoms with Crippen LogP contribution in [0.5, 0.6) is 0 Å². The van der Waals surface area contributed by atoms with Crippen LogP contribution in [-0.2, 0) is 5.75 Å². The largest absolute Gasteiger partial charge is 0.445 e. The van der Waals surface area contributed by atoms with Gasteiger partial charge in [0.2, 0.25) is 0 Å². The summed E-state index contributed by atoms with van der Waals surface area (Å²) in [6, 6.07) is 10.3. The Morgan fingerprint density at radius 3 is 2.71 bits per heavy atom. The summed E-state index contributed by atoms with van der Waals surface area (Å²) >= 11 is 1.75. The van der Waals surface area contributed by atoms with Crippen LogP contribution in [0.15, 0.2) is 45.8 Å². The number of nitrogens with zero attached hydrogens (tertiary/aromatic N) is 1. The molecule has 0 fully saturated rings. The fourth-order valence-corrected chi connectivity index (χ4v) is 1.94. The van der Waals surface area contributed by atoms with Gasteiger partial charge in [0, 0.05) is 11.8 Å². The zero-order valence-corrected chi connectivity index (χ0v) is 8.75. The molecular formula is C11H11NOS. The zero-order chi connectivity index (χ0) is 9.80. The lowest BCUT2D eigenvalue weighted by molar-refractivity contribution is 0.491. The van der Waals surface area contributed by atoms with Gasteiger partial charge in [-0.05, 0) is 12.1 Å². The summed E-state index contributed by atoms with van der Waals surface area (Å²) in [4.78, 5) is 5.30. The third-order valence-corrected chi connectivity index (χ3v) is 2.83. The van der Waals surface area contributed by atoms with Crippen molar-refractivity contribution in [1.82, 2.24) is 4.98 Å². The quantitative estimate of drug-likeness (QED) is 0.719. The first-order valence-electron chi connectivity index (χ1n) is 4.44. The van der Waals surface area contributed by atoms with Gasteiger partial charge in [-0.15, -0.1) is 11.8 Å². The zero-order valence-electron chi connectivity index (χ0n) is 7.93. The van der Waals surface area contributed by atoms with Gasteiger partial charge in [-0.2, -0.15) is 0 Å². The van der Waals surface area contributed by atoms with Crippen molar-refractivity contribution in [3.63, 3.8) is 0 Å². The molecule has 0 amide bonds. The molecule has 0 unspecified atom stereocenters. The van der Waals surface area contributed by atoms with Crippen LogP contribution in [0.25, 0.3) is 0 Å². The van der Waals surface area contributed by atoms with Crippen LogP contribution in [0.3, 0.4) is 0 Å². The van der Waals surface area contributed by atoms with E-state index in [0.29, 0.717) is 0 Å². The van der Waals surface area contributed by atoms with Crippen molar-refractivity contribution in [2.75, 3.05) is 0 Å². The summed E-state index contributed by atoms with van der Waals surface area (Å²) in [7, 11) is 0. The van der Waals surface area contributed by atoms with Gasteiger partial charge in [-0.1, -0.05) is 18.2 Å². The number of hydrogen-bond donors (Lipinski definition) is 0. The van der Waals surface area contributed by atoms with Gasteiger partial charge in [0.25, 0.3) is 0 Å². The van der Waals surface area contributed by atoms with E-state index in [-0.39, 0.29) is 0 Å². The Hall–Kier alpha value is -1.22. The highest BCUT2D eigenvalue weighted by molar-refractivity contribution is 7.98. The highest BCUT2D eigenvalue weighted by Gasteiger charge is 2.00. The fraction of sp³-hybridized carbons (Fsp3) is 0.182. The number of hydrogen-bond acceptors (Lipinski definition) is 3. The molecular weight excluding hydrogens is 194 g/mol. The topological polar surface area (TPSA) is 26.0 Å². The molecule has 0 aliphatic carbocycles. The van der Waals surface area contributed by atoms with Gasteiger partial charge in [-0.3, -0.25) is 0 Å². The Morgan fingerprint density at radius 1 is 1.29 bits per heavy atom. The van der Waals surface area contributed by atoms with Crippen LogP contribution in [-0.4, -0.2) is 4.98 Å². The molecule has 1 aromatic heterocycles. The molecule has 0 bridgehead atoms. The van der Waals surface area contributed by atoms with Crippen LogP contribution >= 0.6 is 11.8 Å². The Balaban J connectivity index is 1.95. The van der Waals surface area contributed by atoms with E-state index in [0.717, 1.165) is 17.4 Å². The van der Waals surface area contributed by atoms with E-state index in [1.807, 2.05) is 25.1 Å². The minimum absolute atomic E-state index is 0.730. The minimum atomic E-state index is 0.730. The molecule has 0 aliphatic heterocycles. The number of benzene rings is 1. The third kappa shape index (κ3) is 2.39. The van der Waals surface area contributed by atoms with Gasteiger partial charge < -0.3 is 4.42 Å². The maximum Gasteiger partial charge on any atom is 0.191 e. The van der Waals surface area contributed by atoms with E-state index >= 15 is 0 Å². The van der Waals surface area contributed by atoms with E-state index in [9.17, 15) is 0 Å². The molecule has 0 spiro atoms. The molecule has 72 valence electrons. The second kappa shape index (κ2) is 4.33. The summed E-state index contributed by atoms with van der Waals surface area (Å²) < 4.78 is 5.37. The van der Waals surface area contributed by atoms with Crippen LogP contribution in [0.4, 0.5) is 0 Å². The van der Waals surface area contributed by atoms with Crippen molar-refractivity contribution in [1.29, 1.82) is 0 Å². The number of aryl methyl sites for hydroxylation is 1. The molecule has 0 atom stereocenters. The van der Waals surface area contributed by atoms with Crippen molar-refractivity contribution in [2.45, 2.75) is 17.6 Å². The van der Waals surface area contributed by atoms with E-state index in [4.69, 9.17) is 4.42 Å². The fourth-order valence-electron chi connectivity index (χ4n) is 1.14. The first-order valence-corrected chi connectivity index (χ1v) is 5.42. The SMILES string of the molecule is Cc1ncc(CSc2ccccc2)o1. The second-order valence-corrected chi connectivity index (χ2v) is 4.00. The van der Waals surface area contributed by atoms with Crippen LogP contribution in [0.2, 0.25) is 0 Å². The smallest absolute Gasteiger partial charge is 0.191 e. The van der Waals surface area contributed by atoms with Crippen molar-refractivity contribution in [3.8, 4) is 0 Å². The number of thioether (sulfide) groups is 1. The van der Waals surface area contributed by atoms with Crippen molar-refractivity contribution in [2.24, 2.45) is 0 Å². The second-order valence-electron chi connectivity index (χ2n) is 2.95. The highest BCUT2D eigenvalue weighted by Crippen LogP contribution is 2.22.